The zero-order valence-corrected chi connectivity index (χ0v) is 15.2. The van der Waals surface area contributed by atoms with E-state index in [0.29, 0.717) is 0 Å². The monoisotopic (exact) mass is 360 g/mol. The zero-order chi connectivity index (χ0) is 17.6. The molecule has 3 aromatic rings. The van der Waals surface area contributed by atoms with E-state index in [1.807, 2.05) is 18.4 Å². The maximum absolute atomic E-state index is 10.9. The number of aromatic nitrogens is 1. The lowest BCUT2D eigenvalue weighted by molar-refractivity contribution is 0.153. The first-order valence-electron chi connectivity index (χ1n) is 9.12. The van der Waals surface area contributed by atoms with E-state index < -0.39 is 11.6 Å². The van der Waals surface area contributed by atoms with Crippen molar-refractivity contribution in [2.24, 2.45) is 4.99 Å². The summed E-state index contributed by atoms with van der Waals surface area (Å²) < 4.78 is 0. The van der Waals surface area contributed by atoms with Crippen molar-refractivity contribution in [3.63, 3.8) is 0 Å². The highest BCUT2D eigenvalue weighted by atomic mass is 32.1. The first-order valence-corrected chi connectivity index (χ1v) is 10.0. The average Bonchev–Trinajstić information content (AvgIpc) is 3.33. The van der Waals surface area contributed by atoms with Gasteiger partial charge in [-0.2, -0.15) is 0 Å². The van der Waals surface area contributed by atoms with Crippen LogP contribution in [0, 0.1) is 0 Å². The molecule has 1 aromatic carbocycles. The number of nitrogens with zero attached hydrogens (tertiary/aromatic N) is 2. The summed E-state index contributed by atoms with van der Waals surface area (Å²) in [6.07, 6.45) is 9.16. The van der Waals surface area contributed by atoms with Crippen LogP contribution in [-0.2, 0) is 18.4 Å². The van der Waals surface area contributed by atoms with E-state index >= 15 is 0 Å². The molecule has 3 heterocycles. The number of benzene rings is 1. The Hall–Kier alpha value is -2.30. The van der Waals surface area contributed by atoms with Gasteiger partial charge in [0.15, 0.2) is 0 Å². The minimum Gasteiger partial charge on any atom is -0.388 e. The molecule has 5 rings (SSSR count). The summed E-state index contributed by atoms with van der Waals surface area (Å²) in [5.41, 5.74) is 3.73. The molecule has 1 N–H and O–H groups in total. The molecule has 1 aliphatic carbocycles. The number of allylic oxidation sites excluding steroid dienone is 1. The lowest BCUT2D eigenvalue weighted by Gasteiger charge is -2.33. The molecule has 0 saturated carbocycles. The van der Waals surface area contributed by atoms with E-state index in [-0.39, 0.29) is 0 Å². The number of hydrogen-bond acceptors (Lipinski definition) is 4. The van der Waals surface area contributed by atoms with Gasteiger partial charge in [-0.25, -0.2) is 0 Å². The van der Waals surface area contributed by atoms with E-state index in [2.05, 4.69) is 41.8 Å². The average molecular weight is 360 g/mol. The van der Waals surface area contributed by atoms with Crippen molar-refractivity contribution < 1.29 is 5.11 Å². The molecular formula is C22H20N2OS. The van der Waals surface area contributed by atoms with E-state index in [1.54, 1.807) is 11.3 Å². The topological polar surface area (TPSA) is 45.5 Å². The molecule has 130 valence electrons. The Balaban J connectivity index is 1.83. The summed E-state index contributed by atoms with van der Waals surface area (Å²) >= 11 is 1.76. The van der Waals surface area contributed by atoms with Crippen LogP contribution < -0.4 is 0 Å². The fraction of sp³-hybridized carbons (Fsp3) is 0.273. The predicted octanol–water partition coefficient (Wildman–Crippen LogP) is 4.74. The Morgan fingerprint density at radius 2 is 2.12 bits per heavy atom. The van der Waals surface area contributed by atoms with Crippen molar-refractivity contribution in [1.29, 1.82) is 0 Å². The van der Waals surface area contributed by atoms with Crippen molar-refractivity contribution in [3.8, 4) is 0 Å². The Morgan fingerprint density at radius 1 is 1.19 bits per heavy atom. The molecule has 2 unspecified atom stereocenters. The van der Waals surface area contributed by atoms with E-state index in [1.165, 1.54) is 4.88 Å². The van der Waals surface area contributed by atoms with Crippen LogP contribution in [0.1, 0.15) is 40.6 Å². The lowest BCUT2D eigenvalue weighted by Crippen LogP contribution is -2.28. The summed E-state index contributed by atoms with van der Waals surface area (Å²) in [5, 5.41) is 14.1. The molecule has 2 aliphatic rings. The molecular weight excluding hydrogens is 340 g/mol. The number of rotatable bonds is 3. The largest absolute Gasteiger partial charge is 0.388 e. The van der Waals surface area contributed by atoms with Crippen molar-refractivity contribution in [2.45, 2.75) is 37.3 Å². The summed E-state index contributed by atoms with van der Waals surface area (Å²) in [7, 11) is 0. The predicted molar refractivity (Wildman–Crippen MR) is 107 cm³/mol. The fourth-order valence-electron chi connectivity index (χ4n) is 4.34. The molecule has 0 bridgehead atoms. The van der Waals surface area contributed by atoms with Crippen molar-refractivity contribution in [2.75, 3.05) is 0 Å². The first-order chi connectivity index (χ1) is 12.8. The van der Waals surface area contributed by atoms with Crippen molar-refractivity contribution in [3.05, 3.63) is 75.6 Å². The van der Waals surface area contributed by atoms with Crippen LogP contribution in [0.2, 0.25) is 0 Å². The Morgan fingerprint density at radius 3 is 2.92 bits per heavy atom. The third-order valence-electron chi connectivity index (χ3n) is 5.45. The van der Waals surface area contributed by atoms with Crippen LogP contribution in [-0.4, -0.2) is 16.3 Å². The number of fused-ring (bicyclic) bond motifs is 2. The molecule has 4 heteroatoms. The van der Waals surface area contributed by atoms with Gasteiger partial charge in [-0.3, -0.25) is 9.98 Å². The molecule has 2 atom stereocenters. The molecule has 0 saturated heterocycles. The highest BCUT2D eigenvalue weighted by molar-refractivity contribution is 7.09. The number of aliphatic hydroxyl groups excluding tert-OH is 1. The van der Waals surface area contributed by atoms with Crippen LogP contribution in [0.5, 0.6) is 0 Å². The number of pyridine rings is 1. The number of aliphatic imine (C=N–C) groups is 1. The van der Waals surface area contributed by atoms with Crippen LogP contribution in [0.4, 0.5) is 0 Å². The van der Waals surface area contributed by atoms with Crippen LogP contribution in [0.15, 0.2) is 58.9 Å². The second-order valence-corrected chi connectivity index (χ2v) is 8.12. The molecule has 0 fully saturated rings. The van der Waals surface area contributed by atoms with Crippen molar-refractivity contribution >= 4 is 28.5 Å². The van der Waals surface area contributed by atoms with Gasteiger partial charge in [-0.05, 0) is 42.9 Å². The molecule has 3 nitrogen and oxygen atoms in total. The van der Waals surface area contributed by atoms with Gasteiger partial charge in [0.2, 0.25) is 0 Å². The van der Waals surface area contributed by atoms with E-state index in [4.69, 9.17) is 9.98 Å². The summed E-state index contributed by atoms with van der Waals surface area (Å²) in [4.78, 5) is 11.1. The number of aryl methyl sites for hydroxylation is 1. The van der Waals surface area contributed by atoms with Gasteiger partial charge in [0.25, 0.3) is 0 Å². The maximum atomic E-state index is 10.9. The van der Waals surface area contributed by atoms with Crippen LogP contribution >= 0.6 is 11.3 Å². The second kappa shape index (κ2) is 6.15. The van der Waals surface area contributed by atoms with Gasteiger partial charge in [0.1, 0.15) is 5.54 Å². The quantitative estimate of drug-likeness (QED) is 0.733. The number of aliphatic hydroxyl groups is 1. The van der Waals surface area contributed by atoms with Gasteiger partial charge in [-0.1, -0.05) is 30.3 Å². The highest BCUT2D eigenvalue weighted by Gasteiger charge is 2.38. The SMILES string of the molecule is OC1CCCc2nc3ccccc3c(C3(Cc4cccs4)C=CC=N3)c21. The summed E-state index contributed by atoms with van der Waals surface area (Å²) in [6.45, 7) is 0. The molecule has 0 amide bonds. The van der Waals surface area contributed by atoms with Gasteiger partial charge in [0.05, 0.1) is 11.6 Å². The molecule has 1 aliphatic heterocycles. The Labute approximate surface area is 156 Å². The van der Waals surface area contributed by atoms with Gasteiger partial charge >= 0.3 is 0 Å². The molecule has 26 heavy (non-hydrogen) atoms. The summed E-state index contributed by atoms with van der Waals surface area (Å²) in [5.74, 6) is 0. The minimum atomic E-state index is -0.463. The fourth-order valence-corrected chi connectivity index (χ4v) is 5.13. The Kier molecular flexibility index (Phi) is 3.76. The van der Waals surface area contributed by atoms with E-state index in [9.17, 15) is 5.11 Å². The molecule has 2 aromatic heterocycles. The van der Waals surface area contributed by atoms with Gasteiger partial charge < -0.3 is 5.11 Å². The smallest absolute Gasteiger partial charge is 0.110 e. The van der Waals surface area contributed by atoms with Gasteiger partial charge in [-0.15, -0.1) is 11.3 Å². The second-order valence-electron chi connectivity index (χ2n) is 7.09. The van der Waals surface area contributed by atoms with Crippen LogP contribution in [0.25, 0.3) is 10.9 Å². The highest BCUT2D eigenvalue weighted by Crippen LogP contribution is 2.45. The number of para-hydroxylation sites is 1. The minimum absolute atomic E-state index is 0.462. The molecule has 0 spiro atoms. The number of thiophene rings is 1. The van der Waals surface area contributed by atoms with E-state index in [0.717, 1.165) is 53.4 Å². The normalized spacial score (nSPS) is 24.3. The maximum Gasteiger partial charge on any atom is 0.110 e. The third kappa shape index (κ3) is 2.44. The third-order valence-corrected chi connectivity index (χ3v) is 6.33. The molecule has 0 radical (unpaired) electrons. The standard InChI is InChI=1S/C22H20N2OS/c25-19-10-3-9-18-20(19)21(16-7-1-2-8-17(16)24-18)22(11-5-12-23-22)14-15-6-4-13-26-15/h1-2,4-8,11-13,19,25H,3,9-10,14H2. The van der Waals surface area contributed by atoms with Crippen LogP contribution in [0.3, 0.4) is 0 Å². The lowest BCUT2D eigenvalue weighted by atomic mass is 9.77. The Bertz CT molecular complexity index is 1010. The van der Waals surface area contributed by atoms with Gasteiger partial charge in [0, 0.05) is 39.7 Å². The summed E-state index contributed by atoms with van der Waals surface area (Å²) in [6, 6.07) is 12.5. The first kappa shape index (κ1) is 15.9. The van der Waals surface area contributed by atoms with Crippen molar-refractivity contribution in [1.82, 2.24) is 4.98 Å². The zero-order valence-electron chi connectivity index (χ0n) is 14.4. The number of hydrogen-bond donors (Lipinski definition) is 1.